The third-order valence-electron chi connectivity index (χ3n) is 4.77. The Labute approximate surface area is 172 Å². The van der Waals surface area contributed by atoms with E-state index in [9.17, 15) is 13.2 Å². The van der Waals surface area contributed by atoms with E-state index < -0.39 is 22.0 Å². The number of sulfonamides is 1. The van der Waals surface area contributed by atoms with Crippen molar-refractivity contribution in [2.24, 2.45) is 0 Å². The number of nitrogens with zero attached hydrogens (tertiary/aromatic N) is 1. The summed E-state index contributed by atoms with van der Waals surface area (Å²) in [4.78, 5) is 12.9. The lowest BCUT2D eigenvalue weighted by molar-refractivity contribution is -0.120. The number of hydrogen-bond donors (Lipinski definition) is 1. The largest absolute Gasteiger partial charge is 0.348 e. The minimum atomic E-state index is -3.78. The Morgan fingerprint density at radius 1 is 1.11 bits per heavy atom. The molecule has 0 aromatic heterocycles. The monoisotopic (exact) mass is 434 g/mol. The number of benzene rings is 3. The number of hydrogen-bond acceptors (Lipinski definition) is 3. The van der Waals surface area contributed by atoms with E-state index >= 15 is 0 Å². The second-order valence-corrected chi connectivity index (χ2v) is 9.27. The Balaban J connectivity index is 1.59. The summed E-state index contributed by atoms with van der Waals surface area (Å²) in [5.41, 5.74) is 1.22. The maximum atomic E-state index is 13.0. The van der Waals surface area contributed by atoms with Crippen LogP contribution in [0.3, 0.4) is 0 Å². The maximum Gasteiger partial charge on any atom is 0.265 e. The van der Waals surface area contributed by atoms with Crippen molar-refractivity contribution in [3.8, 4) is 0 Å². The van der Waals surface area contributed by atoms with E-state index in [1.165, 1.54) is 0 Å². The van der Waals surface area contributed by atoms with Crippen molar-refractivity contribution in [2.75, 3.05) is 10.8 Å². The van der Waals surface area contributed by atoms with E-state index in [-0.39, 0.29) is 11.4 Å². The second-order valence-electron chi connectivity index (χ2n) is 6.60. The molecule has 1 atom stereocenters. The van der Waals surface area contributed by atoms with Crippen LogP contribution in [0.25, 0.3) is 10.8 Å². The van der Waals surface area contributed by atoms with Gasteiger partial charge in [-0.3, -0.25) is 9.10 Å². The van der Waals surface area contributed by atoms with E-state index in [1.54, 1.807) is 49.4 Å². The summed E-state index contributed by atoms with van der Waals surface area (Å²) in [7, 11) is -3.78. The van der Waals surface area contributed by atoms with Gasteiger partial charge in [0, 0.05) is 15.4 Å². The van der Waals surface area contributed by atoms with Gasteiger partial charge in [-0.1, -0.05) is 53.5 Å². The van der Waals surface area contributed by atoms with Gasteiger partial charge in [-0.25, -0.2) is 8.42 Å². The van der Waals surface area contributed by atoms with Crippen LogP contribution < -0.4 is 9.62 Å². The number of halogens is 2. The highest BCUT2D eigenvalue weighted by molar-refractivity contribution is 7.93. The van der Waals surface area contributed by atoms with Crippen LogP contribution in [0.1, 0.15) is 18.5 Å². The molecular weight excluding hydrogens is 419 g/mol. The average molecular weight is 435 g/mol. The van der Waals surface area contributed by atoms with Crippen LogP contribution in [0.15, 0.2) is 59.5 Å². The van der Waals surface area contributed by atoms with Crippen LogP contribution >= 0.6 is 23.2 Å². The van der Waals surface area contributed by atoms with Gasteiger partial charge in [-0.2, -0.15) is 0 Å². The Hall–Kier alpha value is -2.28. The zero-order chi connectivity index (χ0) is 20.1. The molecule has 1 heterocycles. The molecule has 1 aliphatic heterocycles. The van der Waals surface area contributed by atoms with Crippen molar-refractivity contribution in [3.05, 3.63) is 70.2 Å². The Kier molecular flexibility index (Phi) is 4.73. The summed E-state index contributed by atoms with van der Waals surface area (Å²) < 4.78 is 27.1. The molecule has 0 unspecified atom stereocenters. The minimum absolute atomic E-state index is 0.224. The van der Waals surface area contributed by atoms with Gasteiger partial charge in [0.1, 0.15) is 6.54 Å². The molecular formula is C20H16Cl2N2O3S. The molecule has 0 spiro atoms. The van der Waals surface area contributed by atoms with Crippen LogP contribution in [-0.2, 0) is 14.8 Å². The lowest BCUT2D eigenvalue weighted by Crippen LogP contribution is -2.39. The Morgan fingerprint density at radius 2 is 1.82 bits per heavy atom. The number of amides is 1. The molecule has 144 valence electrons. The summed E-state index contributed by atoms with van der Waals surface area (Å²) in [5, 5.41) is 5.21. The average Bonchev–Trinajstić information content (AvgIpc) is 2.85. The zero-order valence-electron chi connectivity index (χ0n) is 14.8. The molecule has 5 nitrogen and oxygen atoms in total. The van der Waals surface area contributed by atoms with Crippen molar-refractivity contribution in [1.82, 2.24) is 5.32 Å². The fourth-order valence-electron chi connectivity index (χ4n) is 3.48. The van der Waals surface area contributed by atoms with Crippen molar-refractivity contribution in [1.29, 1.82) is 0 Å². The lowest BCUT2D eigenvalue weighted by Gasteiger charge is -2.21. The van der Waals surface area contributed by atoms with Crippen LogP contribution in [-0.4, -0.2) is 20.9 Å². The number of carbonyl (C=O) groups excluding carboxylic acids is 1. The van der Waals surface area contributed by atoms with Crippen molar-refractivity contribution >= 4 is 55.6 Å². The molecule has 0 saturated heterocycles. The molecule has 1 N–H and O–H groups in total. The van der Waals surface area contributed by atoms with Gasteiger partial charge in [0.2, 0.25) is 5.91 Å². The van der Waals surface area contributed by atoms with Crippen molar-refractivity contribution in [2.45, 2.75) is 17.9 Å². The molecule has 3 aromatic carbocycles. The summed E-state index contributed by atoms with van der Waals surface area (Å²) in [5.74, 6) is -0.424. The van der Waals surface area contributed by atoms with Gasteiger partial charge in [0.05, 0.1) is 16.6 Å². The summed E-state index contributed by atoms with van der Waals surface area (Å²) in [6.45, 7) is 1.46. The summed E-state index contributed by atoms with van der Waals surface area (Å²) in [6.07, 6.45) is 0. The predicted molar refractivity (Wildman–Crippen MR) is 111 cm³/mol. The highest BCUT2D eigenvalue weighted by Gasteiger charge is 2.36. The molecule has 8 heteroatoms. The Morgan fingerprint density at radius 3 is 2.54 bits per heavy atom. The lowest BCUT2D eigenvalue weighted by atomic mass is 10.1. The molecule has 0 bridgehead atoms. The van der Waals surface area contributed by atoms with Gasteiger partial charge in [0.15, 0.2) is 0 Å². The fourth-order valence-corrected chi connectivity index (χ4v) is 5.72. The van der Waals surface area contributed by atoms with Gasteiger partial charge in [-0.05, 0) is 42.1 Å². The van der Waals surface area contributed by atoms with Crippen LogP contribution in [0.2, 0.25) is 10.0 Å². The zero-order valence-corrected chi connectivity index (χ0v) is 17.1. The first-order chi connectivity index (χ1) is 13.3. The van der Waals surface area contributed by atoms with Gasteiger partial charge in [-0.15, -0.1) is 0 Å². The third-order valence-corrected chi connectivity index (χ3v) is 7.14. The van der Waals surface area contributed by atoms with E-state index in [0.29, 0.717) is 26.7 Å². The number of anilines is 1. The fraction of sp³-hybridized carbons (Fsp3) is 0.150. The summed E-state index contributed by atoms with van der Waals surface area (Å²) >= 11 is 12.1. The van der Waals surface area contributed by atoms with Crippen LogP contribution in [0.4, 0.5) is 5.69 Å². The van der Waals surface area contributed by atoms with E-state index in [0.717, 1.165) is 9.69 Å². The topological polar surface area (TPSA) is 66.5 Å². The normalized spacial score (nSPS) is 15.6. The molecule has 0 aliphatic carbocycles. The summed E-state index contributed by atoms with van der Waals surface area (Å²) in [6, 6.07) is 15.1. The molecule has 0 fully saturated rings. The van der Waals surface area contributed by atoms with Crippen LogP contribution in [0.5, 0.6) is 0 Å². The van der Waals surface area contributed by atoms with Gasteiger partial charge < -0.3 is 5.32 Å². The third kappa shape index (κ3) is 3.11. The van der Waals surface area contributed by atoms with Crippen molar-refractivity contribution in [3.63, 3.8) is 0 Å². The molecule has 0 radical (unpaired) electrons. The quantitative estimate of drug-likeness (QED) is 0.655. The first-order valence-electron chi connectivity index (χ1n) is 8.58. The Bertz CT molecular complexity index is 1210. The van der Waals surface area contributed by atoms with Gasteiger partial charge >= 0.3 is 0 Å². The molecule has 3 aromatic rings. The highest BCUT2D eigenvalue weighted by atomic mass is 35.5. The smallest absolute Gasteiger partial charge is 0.265 e. The SMILES string of the molecule is C[C@H](NC(=O)CN1c2cccc3cccc(c23)S1(=O)=O)c1ccc(Cl)cc1Cl. The molecule has 4 rings (SSSR count). The molecule has 1 aliphatic rings. The number of rotatable bonds is 4. The highest BCUT2D eigenvalue weighted by Crippen LogP contribution is 2.41. The predicted octanol–water partition coefficient (Wildman–Crippen LogP) is 4.53. The van der Waals surface area contributed by atoms with Crippen molar-refractivity contribution < 1.29 is 13.2 Å². The first kappa shape index (κ1) is 19.1. The molecule has 1 amide bonds. The number of carbonyl (C=O) groups is 1. The van der Waals surface area contributed by atoms with E-state index in [4.69, 9.17) is 23.2 Å². The maximum absolute atomic E-state index is 13.0. The second kappa shape index (κ2) is 6.95. The number of nitrogens with one attached hydrogen (secondary N) is 1. The van der Waals surface area contributed by atoms with E-state index in [2.05, 4.69) is 5.32 Å². The first-order valence-corrected chi connectivity index (χ1v) is 10.8. The molecule has 0 saturated carbocycles. The minimum Gasteiger partial charge on any atom is -0.348 e. The van der Waals surface area contributed by atoms with E-state index in [1.807, 2.05) is 12.1 Å². The van der Waals surface area contributed by atoms with Gasteiger partial charge in [0.25, 0.3) is 10.0 Å². The molecule has 28 heavy (non-hydrogen) atoms. The van der Waals surface area contributed by atoms with Crippen LogP contribution in [0, 0.1) is 0 Å². The standard InChI is InChI=1S/C20H16Cl2N2O3S/c1-12(15-9-8-14(21)10-16(15)22)23-19(25)11-24-17-6-2-4-13-5-3-7-18(20(13)17)28(24,26)27/h2-10,12H,11H2,1H3,(H,23,25)/t12-/m0/s1.